The van der Waals surface area contributed by atoms with Gasteiger partial charge in [0, 0.05) is 0 Å². The normalized spacial score (nSPS) is 14.3. The number of hydrogen-bond acceptors (Lipinski definition) is 4. The second-order valence-corrected chi connectivity index (χ2v) is 4.15. The fourth-order valence-corrected chi connectivity index (χ4v) is 1.88. The number of halogens is 8. The standard InChI is InChI=1S/C6F8N4S/c7-4(8,6(12,13)14)2-17-18-1(5(9,10)11)15-16-3(18)19-2. The quantitative estimate of drug-likeness (QED) is 0.761. The first kappa shape index (κ1) is 13.9. The molecule has 2 heterocycles. The van der Waals surface area contributed by atoms with Gasteiger partial charge in [0.25, 0.3) is 5.82 Å². The fourth-order valence-electron chi connectivity index (χ4n) is 1.04. The number of fused-ring (bicyclic) bond motifs is 1. The van der Waals surface area contributed by atoms with Crippen LogP contribution in [0, 0.1) is 0 Å². The van der Waals surface area contributed by atoms with Gasteiger partial charge in [-0.25, -0.2) is 0 Å². The first-order valence-corrected chi connectivity index (χ1v) is 5.00. The van der Waals surface area contributed by atoms with Crippen molar-refractivity contribution in [1.29, 1.82) is 0 Å². The zero-order valence-corrected chi connectivity index (χ0v) is 9.04. The van der Waals surface area contributed by atoms with Gasteiger partial charge >= 0.3 is 18.3 Å². The number of aromatic nitrogens is 4. The Hall–Kier alpha value is -1.53. The molecule has 0 saturated carbocycles. The molecule has 0 fully saturated rings. The molecule has 19 heavy (non-hydrogen) atoms. The van der Waals surface area contributed by atoms with E-state index in [1.54, 1.807) is 0 Å². The van der Waals surface area contributed by atoms with Gasteiger partial charge in [-0.05, 0) is 0 Å². The lowest BCUT2D eigenvalue weighted by atomic mass is 10.3. The molecule has 0 spiro atoms. The Balaban J connectivity index is 2.58. The minimum absolute atomic E-state index is 0.195. The second-order valence-electron chi connectivity index (χ2n) is 3.20. The molecule has 2 aromatic heterocycles. The molecule has 0 aliphatic carbocycles. The maximum absolute atomic E-state index is 12.9. The molecule has 2 rings (SSSR count). The van der Waals surface area contributed by atoms with Crippen LogP contribution in [-0.4, -0.2) is 26.0 Å². The third-order valence-electron chi connectivity index (χ3n) is 1.87. The molecule has 0 N–H and O–H groups in total. The lowest BCUT2D eigenvalue weighted by molar-refractivity contribution is -0.289. The minimum atomic E-state index is -5.96. The number of rotatable bonds is 1. The Kier molecular flexibility index (Phi) is 2.73. The van der Waals surface area contributed by atoms with Gasteiger partial charge in [-0.3, -0.25) is 0 Å². The van der Waals surface area contributed by atoms with Crippen molar-refractivity contribution in [3.05, 3.63) is 10.8 Å². The Bertz CT molecular complexity index is 607. The van der Waals surface area contributed by atoms with Gasteiger partial charge < -0.3 is 0 Å². The predicted molar refractivity (Wildman–Crippen MR) is 43.6 cm³/mol. The van der Waals surface area contributed by atoms with Crippen LogP contribution in [0.1, 0.15) is 10.8 Å². The van der Waals surface area contributed by atoms with Crippen molar-refractivity contribution < 1.29 is 35.1 Å². The third-order valence-corrected chi connectivity index (χ3v) is 2.84. The summed E-state index contributed by atoms with van der Waals surface area (Å²) in [5.41, 5.74) is 0. The van der Waals surface area contributed by atoms with E-state index >= 15 is 0 Å². The fraction of sp³-hybridized carbons (Fsp3) is 0.500. The summed E-state index contributed by atoms with van der Waals surface area (Å²) in [6.07, 6.45) is -11.0. The van der Waals surface area contributed by atoms with Crippen molar-refractivity contribution in [2.24, 2.45) is 0 Å². The lowest BCUT2D eigenvalue weighted by Gasteiger charge is -2.15. The van der Waals surface area contributed by atoms with Gasteiger partial charge in [0.05, 0.1) is 0 Å². The first-order valence-electron chi connectivity index (χ1n) is 4.19. The molecule has 106 valence electrons. The SMILES string of the molecule is FC(F)(F)c1nnc2sc(C(F)(F)C(F)(F)F)nn12. The highest BCUT2D eigenvalue weighted by Crippen LogP contribution is 2.45. The van der Waals surface area contributed by atoms with Gasteiger partial charge in [0.2, 0.25) is 4.96 Å². The molecule has 2 aromatic rings. The van der Waals surface area contributed by atoms with E-state index < -0.39 is 34.1 Å². The summed E-state index contributed by atoms with van der Waals surface area (Å²) in [5.74, 6) is -7.13. The maximum Gasteiger partial charge on any atom is 0.460 e. The van der Waals surface area contributed by atoms with Crippen LogP contribution in [0.2, 0.25) is 0 Å². The van der Waals surface area contributed by atoms with Gasteiger partial charge in [-0.15, -0.1) is 10.2 Å². The molecular weight excluding hydrogens is 312 g/mol. The van der Waals surface area contributed by atoms with Crippen LogP contribution >= 0.6 is 11.3 Å². The predicted octanol–water partition coefficient (Wildman–Crippen LogP) is 2.86. The molecule has 0 bridgehead atoms. The summed E-state index contributed by atoms with van der Waals surface area (Å²) in [7, 11) is 0. The summed E-state index contributed by atoms with van der Waals surface area (Å²) in [4.78, 5) is -0.814. The van der Waals surface area contributed by atoms with Crippen molar-refractivity contribution >= 4 is 16.3 Å². The van der Waals surface area contributed by atoms with Crippen LogP contribution in [0.3, 0.4) is 0 Å². The maximum atomic E-state index is 12.9. The average Bonchev–Trinajstić information content (AvgIpc) is 2.70. The van der Waals surface area contributed by atoms with E-state index in [-0.39, 0.29) is 15.9 Å². The van der Waals surface area contributed by atoms with E-state index in [2.05, 4.69) is 15.3 Å². The van der Waals surface area contributed by atoms with Gasteiger partial charge in [-0.1, -0.05) is 11.3 Å². The Morgan fingerprint density at radius 1 is 0.895 bits per heavy atom. The summed E-state index contributed by atoms with van der Waals surface area (Å²) in [5, 5.41) is 6.23. The van der Waals surface area contributed by atoms with E-state index in [1.165, 1.54) is 0 Å². The zero-order valence-electron chi connectivity index (χ0n) is 8.22. The van der Waals surface area contributed by atoms with Crippen molar-refractivity contribution in [3.63, 3.8) is 0 Å². The van der Waals surface area contributed by atoms with Gasteiger partial charge in [0.15, 0.2) is 5.01 Å². The largest absolute Gasteiger partial charge is 0.460 e. The van der Waals surface area contributed by atoms with Crippen molar-refractivity contribution in [2.75, 3.05) is 0 Å². The summed E-state index contributed by atoms with van der Waals surface area (Å²) in [6.45, 7) is 0. The van der Waals surface area contributed by atoms with E-state index in [4.69, 9.17) is 0 Å². The van der Waals surface area contributed by atoms with E-state index in [0.717, 1.165) is 0 Å². The third kappa shape index (κ3) is 2.11. The number of alkyl halides is 8. The van der Waals surface area contributed by atoms with E-state index in [9.17, 15) is 35.1 Å². The van der Waals surface area contributed by atoms with Crippen LogP contribution in [0.4, 0.5) is 35.1 Å². The minimum Gasteiger partial charge on any atom is -0.188 e. The molecule has 0 aliphatic rings. The summed E-state index contributed by atoms with van der Waals surface area (Å²) in [6, 6.07) is 0. The topological polar surface area (TPSA) is 43.1 Å². The molecule has 0 aliphatic heterocycles. The molecule has 13 heteroatoms. The van der Waals surface area contributed by atoms with Gasteiger partial charge in [-0.2, -0.15) is 44.7 Å². The van der Waals surface area contributed by atoms with Crippen LogP contribution in [0.15, 0.2) is 0 Å². The van der Waals surface area contributed by atoms with Crippen LogP contribution in [0.25, 0.3) is 4.96 Å². The molecule has 0 aromatic carbocycles. The van der Waals surface area contributed by atoms with E-state index in [1.807, 2.05) is 0 Å². The summed E-state index contributed by atoms with van der Waals surface area (Å²) >= 11 is -0.324. The van der Waals surface area contributed by atoms with Gasteiger partial charge in [0.1, 0.15) is 0 Å². The lowest BCUT2D eigenvalue weighted by Crippen LogP contribution is -2.33. The molecular formula is C6F8N4S. The van der Waals surface area contributed by atoms with Crippen molar-refractivity contribution in [2.45, 2.75) is 18.3 Å². The van der Waals surface area contributed by atoms with Crippen LogP contribution in [-0.2, 0) is 12.1 Å². The number of hydrogen-bond donors (Lipinski definition) is 0. The molecule has 0 atom stereocenters. The Morgan fingerprint density at radius 3 is 1.95 bits per heavy atom. The van der Waals surface area contributed by atoms with Crippen molar-refractivity contribution in [1.82, 2.24) is 19.8 Å². The molecule has 0 amide bonds. The molecule has 0 saturated heterocycles. The van der Waals surface area contributed by atoms with Crippen LogP contribution < -0.4 is 0 Å². The van der Waals surface area contributed by atoms with Crippen molar-refractivity contribution in [3.8, 4) is 0 Å². The highest BCUT2D eigenvalue weighted by molar-refractivity contribution is 7.16. The average molecular weight is 312 g/mol. The monoisotopic (exact) mass is 312 g/mol. The highest BCUT2D eigenvalue weighted by Gasteiger charge is 2.61. The van der Waals surface area contributed by atoms with Crippen LogP contribution in [0.5, 0.6) is 0 Å². The Morgan fingerprint density at radius 2 is 1.47 bits per heavy atom. The smallest absolute Gasteiger partial charge is 0.188 e. The Labute approximate surface area is 101 Å². The second kappa shape index (κ2) is 3.74. The molecule has 4 nitrogen and oxygen atoms in total. The van der Waals surface area contributed by atoms with E-state index in [0.29, 0.717) is 0 Å². The number of nitrogens with zero attached hydrogens (tertiary/aromatic N) is 4. The zero-order chi connectivity index (χ0) is 14.6. The molecule has 0 radical (unpaired) electrons. The highest BCUT2D eigenvalue weighted by atomic mass is 32.1. The summed E-state index contributed by atoms with van der Waals surface area (Å²) < 4.78 is 98.7. The molecule has 0 unspecified atom stereocenters. The first-order chi connectivity index (χ1) is 8.44.